The highest BCUT2D eigenvalue weighted by atomic mass is 16.2. The number of carbonyl (C=O) groups is 1. The SMILES string of the molecule is O=C(NC1CCCCC1)c1n[nH]c2ccc(-c3cnc4[nH]c(-c5ccccc5)cc4c3)cc12. The fraction of sp³-hybridized carbons (Fsp3) is 0.222. The zero-order chi connectivity index (χ0) is 22.2. The summed E-state index contributed by atoms with van der Waals surface area (Å²) in [6, 6.07) is 20.8. The zero-order valence-electron chi connectivity index (χ0n) is 18.3. The summed E-state index contributed by atoms with van der Waals surface area (Å²) in [7, 11) is 0. The molecule has 3 heterocycles. The van der Waals surface area contributed by atoms with Crippen molar-refractivity contribution in [3.63, 3.8) is 0 Å². The molecule has 0 bridgehead atoms. The Morgan fingerprint density at radius 1 is 0.909 bits per heavy atom. The average molecular weight is 436 g/mol. The molecule has 1 fully saturated rings. The lowest BCUT2D eigenvalue weighted by Gasteiger charge is -2.22. The molecule has 2 aromatic carbocycles. The summed E-state index contributed by atoms with van der Waals surface area (Å²) >= 11 is 0. The van der Waals surface area contributed by atoms with E-state index >= 15 is 0 Å². The first-order valence-corrected chi connectivity index (χ1v) is 11.6. The minimum atomic E-state index is -0.1000. The Labute approximate surface area is 191 Å². The number of carbonyl (C=O) groups excluding carboxylic acids is 1. The highest BCUT2D eigenvalue weighted by molar-refractivity contribution is 6.06. The number of H-pyrrole nitrogens is 2. The Balaban J connectivity index is 1.33. The molecule has 5 aromatic rings. The Bertz CT molecular complexity index is 1440. The lowest BCUT2D eigenvalue weighted by molar-refractivity contribution is 0.0924. The minimum absolute atomic E-state index is 0.1000. The summed E-state index contributed by atoms with van der Waals surface area (Å²) in [6.07, 6.45) is 7.58. The Kier molecular flexibility index (Phi) is 4.91. The number of benzene rings is 2. The highest BCUT2D eigenvalue weighted by Gasteiger charge is 2.20. The van der Waals surface area contributed by atoms with Crippen LogP contribution < -0.4 is 5.32 Å². The predicted molar refractivity (Wildman–Crippen MR) is 131 cm³/mol. The summed E-state index contributed by atoms with van der Waals surface area (Å²) in [4.78, 5) is 21.0. The summed E-state index contributed by atoms with van der Waals surface area (Å²) in [5, 5.41) is 12.4. The number of nitrogens with one attached hydrogen (secondary N) is 3. The Morgan fingerprint density at radius 3 is 2.61 bits per heavy atom. The molecule has 0 aliphatic heterocycles. The van der Waals surface area contributed by atoms with Gasteiger partial charge >= 0.3 is 0 Å². The summed E-state index contributed by atoms with van der Waals surface area (Å²) < 4.78 is 0. The lowest BCUT2D eigenvalue weighted by atomic mass is 9.95. The van der Waals surface area contributed by atoms with E-state index in [1.807, 2.05) is 42.6 Å². The van der Waals surface area contributed by atoms with E-state index in [1.165, 1.54) is 19.3 Å². The van der Waals surface area contributed by atoms with Crippen LogP contribution in [0.4, 0.5) is 0 Å². The first-order chi connectivity index (χ1) is 16.2. The molecule has 6 rings (SSSR count). The molecule has 3 aromatic heterocycles. The fourth-order valence-electron chi connectivity index (χ4n) is 4.81. The van der Waals surface area contributed by atoms with E-state index in [-0.39, 0.29) is 11.9 Å². The fourth-order valence-corrected chi connectivity index (χ4v) is 4.81. The maximum Gasteiger partial charge on any atom is 0.272 e. The molecule has 0 spiro atoms. The molecular formula is C27H25N5O. The first kappa shape index (κ1) is 19.7. The van der Waals surface area contributed by atoms with E-state index in [2.05, 4.69) is 49.7 Å². The van der Waals surface area contributed by atoms with E-state index in [0.717, 1.165) is 57.2 Å². The second kappa shape index (κ2) is 8.20. The van der Waals surface area contributed by atoms with Gasteiger partial charge in [0, 0.05) is 34.3 Å². The largest absolute Gasteiger partial charge is 0.348 e. The van der Waals surface area contributed by atoms with Crippen LogP contribution in [0.5, 0.6) is 0 Å². The Morgan fingerprint density at radius 2 is 1.76 bits per heavy atom. The van der Waals surface area contributed by atoms with Crippen LogP contribution in [0.1, 0.15) is 42.6 Å². The van der Waals surface area contributed by atoms with Gasteiger partial charge in [-0.15, -0.1) is 0 Å². The van der Waals surface area contributed by atoms with Crippen LogP contribution >= 0.6 is 0 Å². The van der Waals surface area contributed by atoms with Gasteiger partial charge in [0.15, 0.2) is 5.69 Å². The van der Waals surface area contributed by atoms with Crippen LogP contribution in [-0.2, 0) is 0 Å². The van der Waals surface area contributed by atoms with Crippen molar-refractivity contribution < 1.29 is 4.79 Å². The molecule has 0 radical (unpaired) electrons. The van der Waals surface area contributed by atoms with Crippen molar-refractivity contribution in [1.29, 1.82) is 0 Å². The molecule has 1 amide bonds. The van der Waals surface area contributed by atoms with E-state index < -0.39 is 0 Å². The number of hydrogen-bond donors (Lipinski definition) is 3. The third-order valence-electron chi connectivity index (χ3n) is 6.61. The zero-order valence-corrected chi connectivity index (χ0v) is 18.3. The second-order valence-electron chi connectivity index (χ2n) is 8.85. The molecule has 0 unspecified atom stereocenters. The molecule has 164 valence electrons. The predicted octanol–water partition coefficient (Wildman–Crippen LogP) is 5.84. The van der Waals surface area contributed by atoms with Crippen molar-refractivity contribution in [3.8, 4) is 22.4 Å². The maximum absolute atomic E-state index is 12.9. The van der Waals surface area contributed by atoms with Gasteiger partial charge in [0.1, 0.15) is 5.65 Å². The van der Waals surface area contributed by atoms with Gasteiger partial charge in [-0.25, -0.2) is 4.98 Å². The van der Waals surface area contributed by atoms with Crippen molar-refractivity contribution in [2.75, 3.05) is 0 Å². The summed E-state index contributed by atoms with van der Waals surface area (Å²) in [5.74, 6) is -0.1000. The summed E-state index contributed by atoms with van der Waals surface area (Å²) in [6.45, 7) is 0. The minimum Gasteiger partial charge on any atom is -0.348 e. The van der Waals surface area contributed by atoms with Gasteiger partial charge in [0.25, 0.3) is 5.91 Å². The van der Waals surface area contributed by atoms with Crippen LogP contribution in [0.2, 0.25) is 0 Å². The van der Waals surface area contributed by atoms with Gasteiger partial charge < -0.3 is 10.3 Å². The lowest BCUT2D eigenvalue weighted by Crippen LogP contribution is -2.36. The third kappa shape index (κ3) is 3.78. The van der Waals surface area contributed by atoms with Gasteiger partial charge in [0.05, 0.1) is 5.52 Å². The molecule has 33 heavy (non-hydrogen) atoms. The number of rotatable bonds is 4. The number of fused-ring (bicyclic) bond motifs is 2. The number of amides is 1. The average Bonchev–Trinajstić information content (AvgIpc) is 3.48. The number of hydrogen-bond acceptors (Lipinski definition) is 3. The molecule has 6 heteroatoms. The standard InChI is InChI=1S/C27H25N5O/c33-27(29-21-9-5-2-6-10-21)25-22-14-18(11-12-23(22)31-32-25)20-13-19-15-24(30-26(19)28-16-20)17-7-3-1-4-8-17/h1,3-4,7-8,11-16,21H,2,5-6,9-10H2,(H,28,30)(H,29,33)(H,31,32). The maximum atomic E-state index is 12.9. The molecule has 6 nitrogen and oxygen atoms in total. The quantitative estimate of drug-likeness (QED) is 0.332. The van der Waals surface area contributed by atoms with E-state index in [9.17, 15) is 4.79 Å². The number of aromatic nitrogens is 4. The van der Waals surface area contributed by atoms with Crippen LogP contribution in [0, 0.1) is 0 Å². The van der Waals surface area contributed by atoms with E-state index in [1.54, 1.807) is 0 Å². The first-order valence-electron chi connectivity index (χ1n) is 11.6. The second-order valence-corrected chi connectivity index (χ2v) is 8.85. The van der Waals surface area contributed by atoms with Crippen molar-refractivity contribution in [1.82, 2.24) is 25.5 Å². The number of aromatic amines is 2. The van der Waals surface area contributed by atoms with Gasteiger partial charge in [-0.05, 0) is 48.2 Å². The molecule has 0 atom stereocenters. The molecule has 1 aliphatic carbocycles. The number of pyridine rings is 1. The van der Waals surface area contributed by atoms with E-state index in [4.69, 9.17) is 0 Å². The van der Waals surface area contributed by atoms with E-state index in [0.29, 0.717) is 5.69 Å². The van der Waals surface area contributed by atoms with Gasteiger partial charge in [-0.1, -0.05) is 55.7 Å². The molecule has 0 saturated heterocycles. The summed E-state index contributed by atoms with van der Waals surface area (Å²) in [5.41, 5.74) is 6.35. The normalized spacial score (nSPS) is 14.7. The van der Waals surface area contributed by atoms with Crippen LogP contribution in [0.25, 0.3) is 44.3 Å². The van der Waals surface area contributed by atoms with Gasteiger partial charge in [-0.2, -0.15) is 5.10 Å². The molecular weight excluding hydrogens is 410 g/mol. The molecule has 1 saturated carbocycles. The van der Waals surface area contributed by atoms with Crippen LogP contribution in [-0.4, -0.2) is 32.1 Å². The van der Waals surface area contributed by atoms with Crippen molar-refractivity contribution in [2.24, 2.45) is 0 Å². The molecule has 3 N–H and O–H groups in total. The third-order valence-corrected chi connectivity index (χ3v) is 6.61. The van der Waals surface area contributed by atoms with Crippen molar-refractivity contribution >= 4 is 27.8 Å². The van der Waals surface area contributed by atoms with Crippen molar-refractivity contribution in [3.05, 3.63) is 72.6 Å². The van der Waals surface area contributed by atoms with Gasteiger partial charge in [0.2, 0.25) is 0 Å². The van der Waals surface area contributed by atoms with Gasteiger partial charge in [-0.3, -0.25) is 9.89 Å². The number of nitrogens with zero attached hydrogens (tertiary/aromatic N) is 2. The van der Waals surface area contributed by atoms with Crippen molar-refractivity contribution in [2.45, 2.75) is 38.1 Å². The molecule has 1 aliphatic rings. The van der Waals surface area contributed by atoms with Crippen LogP contribution in [0.3, 0.4) is 0 Å². The Hall–Kier alpha value is -3.93. The monoisotopic (exact) mass is 435 g/mol. The van der Waals surface area contributed by atoms with Crippen LogP contribution in [0.15, 0.2) is 66.9 Å². The smallest absolute Gasteiger partial charge is 0.272 e. The topological polar surface area (TPSA) is 86.5 Å². The highest BCUT2D eigenvalue weighted by Crippen LogP contribution is 2.29.